The van der Waals surface area contributed by atoms with Crippen molar-refractivity contribution < 1.29 is 26.5 Å². The molecule has 1 saturated heterocycles. The van der Waals surface area contributed by atoms with Gasteiger partial charge < -0.3 is 10.2 Å². The number of likely N-dealkylation sites (tertiary alicyclic amines) is 1. The summed E-state index contributed by atoms with van der Waals surface area (Å²) in [5.41, 5.74) is 3.40. The molecular weight excluding hydrogens is 861 g/mol. The maximum absolute atomic E-state index is 14.2. The number of thioether (sulfide) groups is 1. The summed E-state index contributed by atoms with van der Waals surface area (Å²) in [5.74, 6) is -1.37. The van der Waals surface area contributed by atoms with Crippen LogP contribution in [0.3, 0.4) is 0 Å². The van der Waals surface area contributed by atoms with Crippen LogP contribution in [0.4, 0.5) is 30.4 Å². The van der Waals surface area contributed by atoms with Crippen LogP contribution in [-0.2, 0) is 35.7 Å². The summed E-state index contributed by atoms with van der Waals surface area (Å²) in [5, 5.41) is 16.3. The number of aromatic nitrogens is 2. The highest BCUT2D eigenvalue weighted by atomic mass is 35.5. The number of benzene rings is 4. The molecule has 18 heteroatoms. The van der Waals surface area contributed by atoms with E-state index in [1.54, 1.807) is 11.8 Å². The monoisotopic (exact) mass is 908 g/mol. The molecule has 1 fully saturated rings. The van der Waals surface area contributed by atoms with E-state index in [1.165, 1.54) is 17.7 Å². The molecule has 0 radical (unpaired) electrons. The maximum atomic E-state index is 14.2. The number of fused-ring (bicyclic) bond motifs is 1. The molecule has 3 heterocycles. The molecule has 0 amide bonds. The number of hydrogen-bond donors (Lipinski definition) is 2. The Labute approximate surface area is 369 Å². The first kappa shape index (κ1) is 45.3. The zero-order valence-corrected chi connectivity index (χ0v) is 36.7. The Balaban J connectivity index is 1.05. The highest BCUT2D eigenvalue weighted by Gasteiger charge is 2.39. The molecule has 0 unspecified atom stereocenters. The van der Waals surface area contributed by atoms with Gasteiger partial charge in [0.25, 0.3) is 15.7 Å². The summed E-state index contributed by atoms with van der Waals surface area (Å²) in [6, 6.07) is 29.0. The maximum Gasteiger partial charge on any atom is 0.451 e. The Hall–Kier alpha value is -4.78. The smallest absolute Gasteiger partial charge is 0.376 e. The van der Waals surface area contributed by atoms with E-state index in [-0.39, 0.29) is 42.0 Å². The Morgan fingerprint density at radius 3 is 2.37 bits per heavy atom. The second-order valence-electron chi connectivity index (χ2n) is 15.8. The quantitative estimate of drug-likeness (QED) is 0.0558. The minimum atomic E-state index is -4.96. The SMILES string of the molecule is CN(C)CC[C@H](CSc1ccccc1)Nc1ccc(S(=O)(=O)Nc2nc(C(F)(F)F)nc3c2CCN(C2CCN(Cc4ccccc4-c4ccc(Cl)cc4)CC2)C3)cc1[N+](=O)[O-]. The summed E-state index contributed by atoms with van der Waals surface area (Å²) in [6.07, 6.45) is -2.52. The average Bonchev–Trinajstić information content (AvgIpc) is 3.25. The van der Waals surface area contributed by atoms with Crippen LogP contribution in [-0.4, -0.2) is 96.1 Å². The molecule has 62 heavy (non-hydrogen) atoms. The molecule has 2 N–H and O–H groups in total. The number of alkyl halides is 3. The highest BCUT2D eigenvalue weighted by molar-refractivity contribution is 7.99. The summed E-state index contributed by atoms with van der Waals surface area (Å²) in [4.78, 5) is 26.3. The number of halogens is 4. The van der Waals surface area contributed by atoms with Gasteiger partial charge in [-0.25, -0.2) is 18.4 Å². The van der Waals surface area contributed by atoms with Crippen molar-refractivity contribution in [3.8, 4) is 11.1 Å². The first-order valence-corrected chi connectivity index (χ1v) is 23.1. The standard InChI is InChI=1S/C44H48ClF3N8O4S2/c1-53(2)22-18-33(29-61-35-9-4-3-5-10-35)49-39-17-16-36(26-41(39)56(57)58)62(59,60)52-42-38-21-25-55(28-40(38)50-43(51-42)44(46,47)48)34-19-23-54(24-20-34)27-31-8-6-7-11-37(31)30-12-14-32(45)15-13-30/h3-17,26,33-34,49H,18-25,27-29H2,1-2H3,(H,50,51,52)/t33-/m1/s1. The van der Waals surface area contributed by atoms with Crippen LogP contribution in [0.1, 0.15) is 41.9 Å². The normalized spacial score (nSPS) is 15.9. The third-order valence-electron chi connectivity index (χ3n) is 11.2. The second kappa shape index (κ2) is 19.7. The van der Waals surface area contributed by atoms with Crippen molar-refractivity contribution in [2.45, 2.75) is 66.8 Å². The molecule has 4 aromatic carbocycles. The van der Waals surface area contributed by atoms with Gasteiger partial charge in [0.1, 0.15) is 11.5 Å². The number of nitro benzene ring substituents is 1. The number of rotatable bonds is 16. The fourth-order valence-corrected chi connectivity index (χ4v) is 10.1. The lowest BCUT2D eigenvalue weighted by molar-refractivity contribution is -0.384. The first-order chi connectivity index (χ1) is 29.6. The van der Waals surface area contributed by atoms with Gasteiger partial charge in [-0.1, -0.05) is 66.2 Å². The molecule has 0 saturated carbocycles. The molecule has 0 bridgehead atoms. The van der Waals surface area contributed by atoms with Crippen molar-refractivity contribution in [3.05, 3.63) is 135 Å². The molecule has 1 atom stereocenters. The zero-order valence-electron chi connectivity index (χ0n) is 34.3. The topological polar surface area (TPSA) is 137 Å². The van der Waals surface area contributed by atoms with Gasteiger partial charge in [-0.15, -0.1) is 11.8 Å². The van der Waals surface area contributed by atoms with E-state index in [0.29, 0.717) is 30.3 Å². The molecule has 328 valence electrons. The third-order valence-corrected chi connectivity index (χ3v) is 13.9. The number of nitrogens with zero attached hydrogens (tertiary/aromatic N) is 6. The molecule has 7 rings (SSSR count). The summed E-state index contributed by atoms with van der Waals surface area (Å²) in [6.45, 7) is 3.56. The van der Waals surface area contributed by atoms with E-state index >= 15 is 0 Å². The number of sulfonamides is 1. The number of nitro groups is 1. The van der Waals surface area contributed by atoms with Crippen LogP contribution in [0.15, 0.2) is 107 Å². The second-order valence-corrected chi connectivity index (χ2v) is 19.0. The van der Waals surface area contributed by atoms with E-state index in [4.69, 9.17) is 11.6 Å². The summed E-state index contributed by atoms with van der Waals surface area (Å²) in [7, 11) is -0.791. The van der Waals surface area contributed by atoms with Crippen molar-refractivity contribution in [1.29, 1.82) is 0 Å². The average molecular weight is 910 g/mol. The Morgan fingerprint density at radius 1 is 0.968 bits per heavy atom. The molecule has 2 aliphatic heterocycles. The predicted molar refractivity (Wildman–Crippen MR) is 238 cm³/mol. The van der Waals surface area contributed by atoms with Gasteiger partial charge in [-0.3, -0.25) is 24.6 Å². The van der Waals surface area contributed by atoms with Crippen molar-refractivity contribution >= 4 is 50.6 Å². The van der Waals surface area contributed by atoms with Crippen molar-refractivity contribution in [1.82, 2.24) is 24.7 Å². The number of nitrogens with one attached hydrogen (secondary N) is 2. The third kappa shape index (κ3) is 11.4. The zero-order chi connectivity index (χ0) is 44.0. The van der Waals surface area contributed by atoms with Crippen molar-refractivity contribution in [3.63, 3.8) is 0 Å². The molecule has 5 aromatic rings. The van der Waals surface area contributed by atoms with E-state index in [2.05, 4.69) is 41.9 Å². The Morgan fingerprint density at radius 2 is 1.68 bits per heavy atom. The van der Waals surface area contributed by atoms with Crippen LogP contribution < -0.4 is 10.0 Å². The van der Waals surface area contributed by atoms with Crippen molar-refractivity contribution in [2.75, 3.05) is 56.1 Å². The Bertz CT molecular complexity index is 2460. The van der Waals surface area contributed by atoms with Crippen LogP contribution >= 0.6 is 23.4 Å². The van der Waals surface area contributed by atoms with Gasteiger partial charge in [0.2, 0.25) is 5.82 Å². The first-order valence-electron chi connectivity index (χ1n) is 20.3. The van der Waals surface area contributed by atoms with Crippen LogP contribution in [0.25, 0.3) is 11.1 Å². The Kier molecular flexibility index (Phi) is 14.4. The van der Waals surface area contributed by atoms with Gasteiger partial charge in [0.05, 0.1) is 15.5 Å². The minimum absolute atomic E-state index is 0.0856. The van der Waals surface area contributed by atoms with Gasteiger partial charge in [0.15, 0.2) is 0 Å². The number of piperidine rings is 1. The molecule has 12 nitrogen and oxygen atoms in total. The number of hydrogen-bond acceptors (Lipinski definition) is 11. The molecule has 0 aliphatic carbocycles. The fourth-order valence-electron chi connectivity index (χ4n) is 7.91. The van der Waals surface area contributed by atoms with Gasteiger partial charge in [0, 0.05) is 59.0 Å². The minimum Gasteiger partial charge on any atom is -0.376 e. The van der Waals surface area contributed by atoms with E-state index in [1.807, 2.05) is 85.7 Å². The summed E-state index contributed by atoms with van der Waals surface area (Å²) < 4.78 is 72.7. The predicted octanol–water partition coefficient (Wildman–Crippen LogP) is 9.07. The number of anilines is 2. The lowest BCUT2D eigenvalue weighted by Gasteiger charge is -2.40. The lowest BCUT2D eigenvalue weighted by Crippen LogP contribution is -2.46. The van der Waals surface area contributed by atoms with Crippen LogP contribution in [0, 0.1) is 10.1 Å². The highest BCUT2D eigenvalue weighted by Crippen LogP contribution is 2.36. The molecule has 0 spiro atoms. The van der Waals surface area contributed by atoms with Gasteiger partial charge in [-0.2, -0.15) is 13.2 Å². The van der Waals surface area contributed by atoms with E-state index in [9.17, 15) is 31.7 Å². The summed E-state index contributed by atoms with van der Waals surface area (Å²) >= 11 is 7.71. The van der Waals surface area contributed by atoms with Gasteiger partial charge >= 0.3 is 6.18 Å². The molecule has 1 aromatic heterocycles. The lowest BCUT2D eigenvalue weighted by atomic mass is 9.96. The van der Waals surface area contributed by atoms with E-state index in [0.717, 1.165) is 54.6 Å². The molecular formula is C44H48ClF3N8O4S2. The molecule has 2 aliphatic rings. The van der Waals surface area contributed by atoms with E-state index < -0.39 is 43.3 Å². The van der Waals surface area contributed by atoms with Crippen LogP contribution in [0.2, 0.25) is 5.02 Å². The van der Waals surface area contributed by atoms with Gasteiger partial charge in [-0.05, 0) is 113 Å². The van der Waals surface area contributed by atoms with Crippen LogP contribution in [0.5, 0.6) is 0 Å². The largest absolute Gasteiger partial charge is 0.451 e. The van der Waals surface area contributed by atoms with Crippen molar-refractivity contribution in [2.24, 2.45) is 0 Å². The fraction of sp³-hybridized carbons (Fsp3) is 0.364.